The number of rotatable bonds is 3. The van der Waals surface area contributed by atoms with Crippen molar-refractivity contribution in [1.82, 2.24) is 4.72 Å². The topological polar surface area (TPSA) is 12.0 Å². The molecule has 0 radical (unpaired) electrons. The molecule has 0 amide bonds. The molecule has 1 heterocycles. The second-order valence-corrected chi connectivity index (χ2v) is 4.58. The Kier molecular flexibility index (Phi) is 3.60. The van der Waals surface area contributed by atoms with Crippen LogP contribution < -0.4 is 4.72 Å². The van der Waals surface area contributed by atoms with Crippen LogP contribution in [0.2, 0.25) is 0 Å². The summed E-state index contributed by atoms with van der Waals surface area (Å²) < 4.78 is 3.24. The van der Waals surface area contributed by atoms with Crippen molar-refractivity contribution < 1.29 is 0 Å². The first kappa shape index (κ1) is 9.74. The van der Waals surface area contributed by atoms with Gasteiger partial charge >= 0.3 is 0 Å². The third-order valence-corrected chi connectivity index (χ3v) is 3.58. The fraction of sp³-hybridized carbons (Fsp3) is 0.0909. The van der Waals surface area contributed by atoms with Gasteiger partial charge in [-0.1, -0.05) is 36.4 Å². The third-order valence-electron chi connectivity index (χ3n) is 1.79. The summed E-state index contributed by atoms with van der Waals surface area (Å²) in [6, 6.07) is 10.5. The van der Waals surface area contributed by atoms with E-state index < -0.39 is 0 Å². The van der Waals surface area contributed by atoms with Crippen LogP contribution in [0.3, 0.4) is 0 Å². The zero-order chi connectivity index (χ0) is 9.64. The molecular weight excluding hydrogens is 210 g/mol. The van der Waals surface area contributed by atoms with Crippen LogP contribution in [0, 0.1) is 0 Å². The summed E-state index contributed by atoms with van der Waals surface area (Å²) in [5, 5.41) is 3.26. The quantitative estimate of drug-likeness (QED) is 0.784. The van der Waals surface area contributed by atoms with Crippen LogP contribution in [0.1, 0.15) is 5.56 Å². The van der Waals surface area contributed by atoms with E-state index in [-0.39, 0.29) is 0 Å². The lowest BCUT2D eigenvalue weighted by Gasteiger charge is -2.09. The maximum atomic E-state index is 3.24. The minimum absolute atomic E-state index is 1.02. The average Bonchev–Trinajstić information content (AvgIpc) is 2.29. The van der Waals surface area contributed by atoms with Gasteiger partial charge in [-0.2, -0.15) is 0 Å². The van der Waals surface area contributed by atoms with Gasteiger partial charge in [0.25, 0.3) is 0 Å². The van der Waals surface area contributed by atoms with E-state index in [2.05, 4.69) is 41.1 Å². The van der Waals surface area contributed by atoms with Gasteiger partial charge in [0.2, 0.25) is 0 Å². The van der Waals surface area contributed by atoms with Crippen LogP contribution in [0.5, 0.6) is 0 Å². The highest BCUT2D eigenvalue weighted by molar-refractivity contribution is 8.05. The Labute approximate surface area is 92.8 Å². The van der Waals surface area contributed by atoms with E-state index in [1.54, 1.807) is 11.9 Å². The molecular formula is C11H11NS2. The van der Waals surface area contributed by atoms with Gasteiger partial charge in [-0.05, 0) is 29.0 Å². The zero-order valence-electron chi connectivity index (χ0n) is 7.64. The molecule has 1 aliphatic rings. The van der Waals surface area contributed by atoms with E-state index >= 15 is 0 Å². The Hall–Kier alpha value is -0.800. The van der Waals surface area contributed by atoms with Crippen molar-refractivity contribution in [2.24, 2.45) is 0 Å². The fourth-order valence-corrected chi connectivity index (χ4v) is 2.58. The third kappa shape index (κ3) is 2.86. The number of allylic oxidation sites excluding steroid dienone is 2. The number of thioether (sulfide) groups is 1. The number of benzene rings is 1. The summed E-state index contributed by atoms with van der Waals surface area (Å²) in [4.78, 5) is 0. The van der Waals surface area contributed by atoms with Crippen molar-refractivity contribution in [2.75, 3.05) is 0 Å². The van der Waals surface area contributed by atoms with Gasteiger partial charge in [-0.15, -0.1) is 11.8 Å². The highest BCUT2D eigenvalue weighted by atomic mass is 32.2. The Morgan fingerprint density at radius 3 is 2.79 bits per heavy atom. The summed E-state index contributed by atoms with van der Waals surface area (Å²) in [6.07, 6.45) is 4.17. The lowest BCUT2D eigenvalue weighted by Crippen LogP contribution is -2.00. The second kappa shape index (κ2) is 5.17. The smallest absolute Gasteiger partial charge is 0.0786 e. The first-order valence-corrected chi connectivity index (χ1v) is 6.27. The first-order chi connectivity index (χ1) is 6.95. The normalized spacial score (nSPS) is 14.7. The summed E-state index contributed by atoms with van der Waals surface area (Å²) >= 11 is 3.45. The van der Waals surface area contributed by atoms with Crippen LogP contribution in [-0.2, 0) is 5.75 Å². The van der Waals surface area contributed by atoms with E-state index in [0.717, 1.165) is 5.75 Å². The van der Waals surface area contributed by atoms with E-state index in [1.807, 2.05) is 23.2 Å². The van der Waals surface area contributed by atoms with Gasteiger partial charge in [0.1, 0.15) is 0 Å². The van der Waals surface area contributed by atoms with Gasteiger partial charge in [-0.3, -0.25) is 0 Å². The molecule has 0 fully saturated rings. The van der Waals surface area contributed by atoms with Gasteiger partial charge in [-0.25, -0.2) is 0 Å². The molecule has 1 N–H and O–H groups in total. The molecule has 0 unspecified atom stereocenters. The van der Waals surface area contributed by atoms with Gasteiger partial charge in [0, 0.05) is 5.75 Å². The molecule has 0 saturated heterocycles. The van der Waals surface area contributed by atoms with Crippen molar-refractivity contribution in [1.29, 1.82) is 0 Å². The SMILES string of the molecule is C1=CSNC(SCc2ccccc2)=C1. The maximum absolute atomic E-state index is 3.24. The van der Waals surface area contributed by atoms with Crippen molar-refractivity contribution in [3.05, 3.63) is 58.5 Å². The molecule has 0 saturated carbocycles. The van der Waals surface area contributed by atoms with Crippen LogP contribution in [0.15, 0.2) is 52.9 Å². The molecule has 1 nitrogen and oxygen atoms in total. The molecule has 0 bridgehead atoms. The predicted molar refractivity (Wildman–Crippen MR) is 65.7 cm³/mol. The standard InChI is InChI=1S/C11H11NS2/c1-2-5-10(6-3-1)9-13-11-7-4-8-14-12-11/h1-8,12H,9H2. The summed E-state index contributed by atoms with van der Waals surface area (Å²) in [6.45, 7) is 0. The lowest BCUT2D eigenvalue weighted by molar-refractivity contribution is 1.35. The second-order valence-electron chi connectivity index (χ2n) is 2.85. The monoisotopic (exact) mass is 221 g/mol. The van der Waals surface area contributed by atoms with Gasteiger partial charge in [0.15, 0.2) is 0 Å². The van der Waals surface area contributed by atoms with Crippen LogP contribution >= 0.6 is 23.7 Å². The summed E-state index contributed by atoms with van der Waals surface area (Å²) in [5.74, 6) is 1.02. The van der Waals surface area contributed by atoms with E-state index in [1.165, 1.54) is 10.6 Å². The number of hydrogen-bond acceptors (Lipinski definition) is 3. The van der Waals surface area contributed by atoms with E-state index in [9.17, 15) is 0 Å². The Bertz CT molecular complexity index is 344. The van der Waals surface area contributed by atoms with Gasteiger partial charge < -0.3 is 4.72 Å². The highest BCUT2D eigenvalue weighted by Crippen LogP contribution is 2.23. The largest absolute Gasteiger partial charge is 0.321 e. The van der Waals surface area contributed by atoms with Crippen LogP contribution in [0.25, 0.3) is 0 Å². The zero-order valence-corrected chi connectivity index (χ0v) is 9.28. The minimum atomic E-state index is 1.02. The summed E-state index contributed by atoms with van der Waals surface area (Å²) in [5.41, 5.74) is 1.36. The molecule has 1 aromatic rings. The van der Waals surface area contributed by atoms with Crippen molar-refractivity contribution in [3.63, 3.8) is 0 Å². The van der Waals surface area contributed by atoms with Gasteiger partial charge in [0.05, 0.1) is 5.03 Å². The molecule has 14 heavy (non-hydrogen) atoms. The molecule has 0 aromatic heterocycles. The molecule has 72 valence electrons. The molecule has 0 aliphatic carbocycles. The van der Waals surface area contributed by atoms with Crippen molar-refractivity contribution in [2.45, 2.75) is 5.75 Å². The average molecular weight is 221 g/mol. The number of hydrogen-bond donors (Lipinski definition) is 1. The molecule has 2 rings (SSSR count). The number of nitrogens with one attached hydrogen (secondary N) is 1. The molecule has 0 atom stereocenters. The molecule has 1 aromatic carbocycles. The molecule has 1 aliphatic heterocycles. The van der Waals surface area contributed by atoms with E-state index in [4.69, 9.17) is 0 Å². The van der Waals surface area contributed by atoms with Crippen molar-refractivity contribution in [3.8, 4) is 0 Å². The summed E-state index contributed by atoms with van der Waals surface area (Å²) in [7, 11) is 0. The minimum Gasteiger partial charge on any atom is -0.321 e. The Balaban J connectivity index is 1.88. The highest BCUT2D eigenvalue weighted by Gasteiger charge is 1.99. The Morgan fingerprint density at radius 2 is 2.07 bits per heavy atom. The van der Waals surface area contributed by atoms with E-state index in [0.29, 0.717) is 0 Å². The predicted octanol–water partition coefficient (Wildman–Crippen LogP) is 3.53. The van der Waals surface area contributed by atoms with Crippen molar-refractivity contribution >= 4 is 23.7 Å². The Morgan fingerprint density at radius 1 is 1.21 bits per heavy atom. The molecule has 3 heteroatoms. The molecule has 0 spiro atoms. The fourth-order valence-electron chi connectivity index (χ4n) is 1.10. The lowest BCUT2D eigenvalue weighted by atomic mass is 10.2. The van der Waals surface area contributed by atoms with Crippen LogP contribution in [0.4, 0.5) is 0 Å². The first-order valence-electron chi connectivity index (χ1n) is 4.40. The maximum Gasteiger partial charge on any atom is 0.0786 e. The van der Waals surface area contributed by atoms with Crippen LogP contribution in [-0.4, -0.2) is 0 Å².